The van der Waals surface area contributed by atoms with E-state index in [1.165, 1.54) is 41.5 Å². The first-order valence-electron chi connectivity index (χ1n) is 7.65. The lowest BCUT2D eigenvalue weighted by Gasteiger charge is -2.14. The van der Waals surface area contributed by atoms with E-state index < -0.39 is 53.1 Å². The van der Waals surface area contributed by atoms with Crippen LogP contribution in [0.2, 0.25) is 0 Å². The second-order valence-electron chi connectivity index (χ2n) is 5.53. The Morgan fingerprint density at radius 3 is 2.24 bits per heavy atom. The van der Waals surface area contributed by atoms with Crippen LogP contribution in [-0.2, 0) is 17.5 Å². The summed E-state index contributed by atoms with van der Waals surface area (Å²) in [4.78, 5) is 19.7. The van der Waals surface area contributed by atoms with E-state index >= 15 is 0 Å². The molecule has 0 aliphatic rings. The number of ether oxygens (including phenoxy) is 1. The largest absolute Gasteiger partial charge is 0.456 e. The van der Waals surface area contributed by atoms with Gasteiger partial charge in [0, 0.05) is 12.4 Å². The van der Waals surface area contributed by atoms with Crippen molar-refractivity contribution < 1.29 is 40.3 Å². The van der Waals surface area contributed by atoms with Gasteiger partial charge >= 0.3 is 12.1 Å². The Morgan fingerprint density at radius 2 is 1.69 bits per heavy atom. The third-order valence-corrected chi connectivity index (χ3v) is 3.70. The molecular weight excluding hydrogens is 411 g/mol. The van der Waals surface area contributed by atoms with Crippen molar-refractivity contribution in [3.63, 3.8) is 0 Å². The monoisotopic (exact) mass is 419 g/mol. The van der Waals surface area contributed by atoms with Crippen LogP contribution in [0, 0.1) is 23.3 Å². The SMILES string of the molecule is O=C(OCc1c(F)c(F)c(C(F)(F)F)c(F)c1F)c1cccc(-n2ccnc2)n1. The first-order chi connectivity index (χ1) is 13.6. The fourth-order valence-corrected chi connectivity index (χ4v) is 2.34. The van der Waals surface area contributed by atoms with E-state index in [1.807, 2.05) is 0 Å². The molecular formula is C17H8F7N3O2. The molecule has 0 N–H and O–H groups in total. The van der Waals surface area contributed by atoms with Gasteiger partial charge in [-0.1, -0.05) is 6.07 Å². The van der Waals surface area contributed by atoms with Crippen LogP contribution >= 0.6 is 0 Å². The Bertz CT molecular complexity index is 1040. The third kappa shape index (κ3) is 3.91. The van der Waals surface area contributed by atoms with Gasteiger partial charge in [-0.3, -0.25) is 4.57 Å². The van der Waals surface area contributed by atoms with Gasteiger partial charge < -0.3 is 4.74 Å². The number of carbonyl (C=O) groups excluding carboxylic acids is 1. The summed E-state index contributed by atoms with van der Waals surface area (Å²) in [5.41, 5.74) is -4.55. The molecule has 0 atom stereocenters. The number of imidazole rings is 1. The maximum Gasteiger partial charge on any atom is 0.422 e. The molecule has 0 spiro atoms. The summed E-state index contributed by atoms with van der Waals surface area (Å²) >= 11 is 0. The number of pyridine rings is 1. The van der Waals surface area contributed by atoms with Crippen molar-refractivity contribution in [2.45, 2.75) is 12.8 Å². The summed E-state index contributed by atoms with van der Waals surface area (Å²) in [5, 5.41) is 0. The van der Waals surface area contributed by atoms with Gasteiger partial charge in [-0.05, 0) is 12.1 Å². The lowest BCUT2D eigenvalue weighted by molar-refractivity contribution is -0.143. The predicted molar refractivity (Wildman–Crippen MR) is 81.8 cm³/mol. The average Bonchev–Trinajstić information content (AvgIpc) is 3.20. The quantitative estimate of drug-likeness (QED) is 0.362. The molecule has 3 aromatic rings. The van der Waals surface area contributed by atoms with E-state index in [0.29, 0.717) is 0 Å². The maximum atomic E-state index is 13.8. The van der Waals surface area contributed by atoms with Gasteiger partial charge in [0.15, 0.2) is 29.0 Å². The van der Waals surface area contributed by atoms with E-state index in [1.54, 1.807) is 0 Å². The first kappa shape index (κ1) is 20.3. The van der Waals surface area contributed by atoms with Crippen LogP contribution < -0.4 is 0 Å². The lowest BCUT2D eigenvalue weighted by Crippen LogP contribution is -2.18. The zero-order chi connectivity index (χ0) is 21.3. The molecule has 2 heterocycles. The number of benzene rings is 1. The molecule has 2 aromatic heterocycles. The predicted octanol–water partition coefficient (Wildman–Crippen LogP) is 4.20. The highest BCUT2D eigenvalue weighted by molar-refractivity contribution is 5.87. The molecule has 0 saturated carbocycles. The van der Waals surface area contributed by atoms with E-state index in [4.69, 9.17) is 0 Å². The summed E-state index contributed by atoms with van der Waals surface area (Å²) in [6.07, 6.45) is -1.35. The number of rotatable bonds is 4. The van der Waals surface area contributed by atoms with Gasteiger partial charge in [-0.25, -0.2) is 32.3 Å². The van der Waals surface area contributed by atoms with E-state index in [2.05, 4.69) is 14.7 Å². The second-order valence-corrected chi connectivity index (χ2v) is 5.53. The highest BCUT2D eigenvalue weighted by atomic mass is 19.4. The molecule has 12 heteroatoms. The highest BCUT2D eigenvalue weighted by Crippen LogP contribution is 2.37. The van der Waals surface area contributed by atoms with Crippen molar-refractivity contribution in [2.75, 3.05) is 0 Å². The normalized spacial score (nSPS) is 11.6. The van der Waals surface area contributed by atoms with Crippen molar-refractivity contribution in [1.29, 1.82) is 0 Å². The summed E-state index contributed by atoms with van der Waals surface area (Å²) in [6.45, 7) is -1.36. The summed E-state index contributed by atoms with van der Waals surface area (Å²) in [5.74, 6) is -10.9. The molecule has 0 bridgehead atoms. The smallest absolute Gasteiger partial charge is 0.422 e. The number of esters is 1. The number of hydrogen-bond acceptors (Lipinski definition) is 4. The van der Waals surface area contributed by atoms with Crippen LogP contribution in [0.1, 0.15) is 21.6 Å². The zero-order valence-electron chi connectivity index (χ0n) is 14.0. The van der Waals surface area contributed by atoms with Crippen LogP contribution in [0.25, 0.3) is 5.82 Å². The van der Waals surface area contributed by atoms with Gasteiger partial charge in [0.05, 0.1) is 5.56 Å². The Morgan fingerprint density at radius 1 is 1.03 bits per heavy atom. The van der Waals surface area contributed by atoms with Gasteiger partial charge in [-0.2, -0.15) is 13.2 Å². The van der Waals surface area contributed by atoms with Crippen LogP contribution in [0.5, 0.6) is 0 Å². The van der Waals surface area contributed by atoms with Crippen LogP contribution in [-0.4, -0.2) is 20.5 Å². The van der Waals surface area contributed by atoms with E-state index in [0.717, 1.165) is 0 Å². The Balaban J connectivity index is 1.85. The number of hydrogen-bond donors (Lipinski definition) is 0. The van der Waals surface area contributed by atoms with Crippen molar-refractivity contribution in [3.05, 3.63) is 77.0 Å². The minimum absolute atomic E-state index is 0.237. The molecule has 0 fully saturated rings. The van der Waals surface area contributed by atoms with Crippen LogP contribution in [0.4, 0.5) is 30.7 Å². The number of aromatic nitrogens is 3. The average molecular weight is 419 g/mol. The Kier molecular flexibility index (Phi) is 5.27. The molecule has 0 aliphatic heterocycles. The Hall–Kier alpha value is -3.44. The van der Waals surface area contributed by atoms with Crippen molar-refractivity contribution in [1.82, 2.24) is 14.5 Å². The first-order valence-corrected chi connectivity index (χ1v) is 7.65. The minimum Gasteiger partial charge on any atom is -0.456 e. The summed E-state index contributed by atoms with van der Waals surface area (Å²) in [6, 6.07) is 4.08. The summed E-state index contributed by atoms with van der Waals surface area (Å²) in [7, 11) is 0. The third-order valence-electron chi connectivity index (χ3n) is 3.70. The molecule has 3 rings (SSSR count). The van der Waals surface area contributed by atoms with Gasteiger partial charge in [0.1, 0.15) is 24.3 Å². The molecule has 29 heavy (non-hydrogen) atoms. The van der Waals surface area contributed by atoms with Crippen molar-refractivity contribution in [2.24, 2.45) is 0 Å². The highest BCUT2D eigenvalue weighted by Gasteiger charge is 2.42. The van der Waals surface area contributed by atoms with Gasteiger partial charge in [-0.15, -0.1) is 0 Å². The molecule has 0 radical (unpaired) electrons. The second kappa shape index (κ2) is 7.53. The minimum atomic E-state index is -5.66. The molecule has 5 nitrogen and oxygen atoms in total. The molecule has 0 amide bonds. The zero-order valence-corrected chi connectivity index (χ0v) is 14.0. The van der Waals surface area contributed by atoms with Crippen LogP contribution in [0.3, 0.4) is 0 Å². The topological polar surface area (TPSA) is 57.0 Å². The number of nitrogens with zero attached hydrogens (tertiary/aromatic N) is 3. The van der Waals surface area contributed by atoms with E-state index in [-0.39, 0.29) is 11.5 Å². The van der Waals surface area contributed by atoms with Crippen LogP contribution in [0.15, 0.2) is 36.9 Å². The number of halogens is 7. The molecule has 0 saturated heterocycles. The summed E-state index contributed by atoms with van der Waals surface area (Å²) < 4.78 is 98.6. The molecule has 152 valence electrons. The van der Waals surface area contributed by atoms with Crippen molar-refractivity contribution >= 4 is 5.97 Å². The van der Waals surface area contributed by atoms with E-state index in [9.17, 15) is 35.5 Å². The molecule has 0 unspecified atom stereocenters. The standard InChI is InChI=1S/C17H8F7N3O2/c18-12-8(13(19)15(21)11(14(12)20)17(22,23)24)6-29-16(28)9-2-1-3-10(26-9)27-5-4-25-7-27/h1-5,7H,6H2. The van der Waals surface area contributed by atoms with Gasteiger partial charge in [0.25, 0.3) is 0 Å². The molecule has 0 aliphatic carbocycles. The van der Waals surface area contributed by atoms with Crippen molar-refractivity contribution in [3.8, 4) is 5.82 Å². The maximum absolute atomic E-state index is 13.8. The Labute approximate surface area is 157 Å². The lowest BCUT2D eigenvalue weighted by atomic mass is 10.1. The number of alkyl halides is 3. The fraction of sp³-hybridized carbons (Fsp3) is 0.118. The van der Waals surface area contributed by atoms with Gasteiger partial charge in [0.2, 0.25) is 0 Å². The fourth-order valence-electron chi connectivity index (χ4n) is 2.34. The molecule has 1 aromatic carbocycles. The number of carbonyl (C=O) groups is 1.